The molecule has 29 heavy (non-hydrogen) atoms. The Morgan fingerprint density at radius 3 is 2.66 bits per heavy atom. The summed E-state index contributed by atoms with van der Waals surface area (Å²) in [5, 5.41) is 10.9. The van der Waals surface area contributed by atoms with Crippen LogP contribution in [-0.4, -0.2) is 29.1 Å². The minimum Gasteiger partial charge on any atom is -0.487 e. The number of nitrogens with zero attached hydrogens (tertiary/aromatic N) is 1. The maximum atomic E-state index is 12.6. The Morgan fingerprint density at radius 1 is 1.21 bits per heavy atom. The van der Waals surface area contributed by atoms with E-state index in [2.05, 4.69) is 4.98 Å². The number of aromatic carboxylic acids is 1. The van der Waals surface area contributed by atoms with Crippen LogP contribution in [0.4, 0.5) is 8.78 Å². The number of furan rings is 1. The van der Waals surface area contributed by atoms with Crippen LogP contribution in [0.3, 0.4) is 0 Å². The fourth-order valence-corrected chi connectivity index (χ4v) is 3.42. The third-order valence-corrected chi connectivity index (χ3v) is 4.80. The standard InChI is InChI=1S/C22H17F2NO4/c1-11-7-8-17(28-10-18(23)24)19-14(22(26)27)9-15(25-20(11)19)21-12(2)13-5-3-4-6-16(13)29-21/h3-9,18H,10H2,1-2H3,(H,26,27). The molecule has 0 aliphatic rings. The van der Waals surface area contributed by atoms with Gasteiger partial charge in [0.05, 0.1) is 16.5 Å². The molecule has 0 saturated heterocycles. The molecule has 148 valence electrons. The Morgan fingerprint density at radius 2 is 1.97 bits per heavy atom. The lowest BCUT2D eigenvalue weighted by Crippen LogP contribution is -2.09. The lowest BCUT2D eigenvalue weighted by molar-refractivity contribution is 0.0698. The highest BCUT2D eigenvalue weighted by Gasteiger charge is 2.22. The van der Waals surface area contributed by atoms with Crippen molar-refractivity contribution in [1.82, 2.24) is 4.98 Å². The molecular formula is C22H17F2NO4. The van der Waals surface area contributed by atoms with E-state index < -0.39 is 19.0 Å². The van der Waals surface area contributed by atoms with Crippen LogP contribution >= 0.6 is 0 Å². The smallest absolute Gasteiger partial charge is 0.336 e. The average molecular weight is 397 g/mol. The Bertz CT molecular complexity index is 1250. The van der Waals surface area contributed by atoms with Crippen LogP contribution in [0.1, 0.15) is 21.5 Å². The second-order valence-corrected chi connectivity index (χ2v) is 6.72. The van der Waals surface area contributed by atoms with Gasteiger partial charge in [-0.05, 0) is 37.6 Å². The number of carboxylic acid groups (broad SMARTS) is 1. The number of pyridine rings is 1. The van der Waals surface area contributed by atoms with E-state index in [1.165, 1.54) is 12.1 Å². The molecule has 0 fully saturated rings. The first-order valence-electron chi connectivity index (χ1n) is 8.94. The van der Waals surface area contributed by atoms with Gasteiger partial charge in [-0.25, -0.2) is 18.6 Å². The van der Waals surface area contributed by atoms with E-state index in [1.807, 2.05) is 31.2 Å². The van der Waals surface area contributed by atoms with Crippen LogP contribution in [-0.2, 0) is 0 Å². The van der Waals surface area contributed by atoms with Crippen LogP contribution < -0.4 is 4.74 Å². The highest BCUT2D eigenvalue weighted by molar-refractivity contribution is 6.07. The summed E-state index contributed by atoms with van der Waals surface area (Å²) < 4.78 is 36.3. The summed E-state index contributed by atoms with van der Waals surface area (Å²) in [6.07, 6.45) is -2.68. The largest absolute Gasteiger partial charge is 0.487 e. The van der Waals surface area contributed by atoms with E-state index in [9.17, 15) is 18.7 Å². The number of carbonyl (C=O) groups is 1. The number of rotatable bonds is 5. The molecule has 4 rings (SSSR count). The summed E-state index contributed by atoms with van der Waals surface area (Å²) >= 11 is 0. The predicted octanol–water partition coefficient (Wildman–Crippen LogP) is 5.61. The number of ether oxygens (including phenoxy) is 1. The quantitative estimate of drug-likeness (QED) is 0.474. The Labute approximate surface area is 164 Å². The zero-order valence-corrected chi connectivity index (χ0v) is 15.7. The van der Waals surface area contributed by atoms with Crippen molar-refractivity contribution in [2.75, 3.05) is 6.61 Å². The number of fused-ring (bicyclic) bond motifs is 2. The molecule has 0 unspecified atom stereocenters. The van der Waals surface area contributed by atoms with Crippen molar-refractivity contribution >= 4 is 27.8 Å². The summed E-state index contributed by atoms with van der Waals surface area (Å²) in [6.45, 7) is 2.82. The number of halogens is 2. The third-order valence-electron chi connectivity index (χ3n) is 4.80. The fourth-order valence-electron chi connectivity index (χ4n) is 3.42. The van der Waals surface area contributed by atoms with Gasteiger partial charge in [0.25, 0.3) is 6.43 Å². The molecule has 7 heteroatoms. The average Bonchev–Trinajstić information content (AvgIpc) is 3.03. The summed E-state index contributed by atoms with van der Waals surface area (Å²) in [5.41, 5.74) is 2.85. The molecule has 2 aromatic heterocycles. The van der Waals surface area contributed by atoms with Gasteiger partial charge in [-0.1, -0.05) is 24.3 Å². The van der Waals surface area contributed by atoms with E-state index in [-0.39, 0.29) is 16.7 Å². The second-order valence-electron chi connectivity index (χ2n) is 6.72. The number of carboxylic acids is 1. The lowest BCUT2D eigenvalue weighted by Gasteiger charge is -2.13. The van der Waals surface area contributed by atoms with E-state index in [0.29, 0.717) is 28.1 Å². The third kappa shape index (κ3) is 3.29. The van der Waals surface area contributed by atoms with Gasteiger partial charge in [0.1, 0.15) is 23.6 Å². The normalized spacial score (nSPS) is 11.5. The van der Waals surface area contributed by atoms with E-state index in [1.54, 1.807) is 13.0 Å². The van der Waals surface area contributed by atoms with Gasteiger partial charge in [0.2, 0.25) is 0 Å². The van der Waals surface area contributed by atoms with Gasteiger partial charge in [0.15, 0.2) is 5.76 Å². The number of aromatic nitrogens is 1. The number of hydrogen-bond donors (Lipinski definition) is 1. The zero-order valence-electron chi connectivity index (χ0n) is 15.7. The first kappa shape index (κ1) is 18.9. The number of hydrogen-bond acceptors (Lipinski definition) is 4. The topological polar surface area (TPSA) is 72.6 Å². The van der Waals surface area contributed by atoms with Gasteiger partial charge in [-0.3, -0.25) is 0 Å². The number of aryl methyl sites for hydroxylation is 2. The van der Waals surface area contributed by atoms with Crippen molar-refractivity contribution in [2.24, 2.45) is 0 Å². The lowest BCUT2D eigenvalue weighted by atomic mass is 10.0. The van der Waals surface area contributed by atoms with Gasteiger partial charge < -0.3 is 14.3 Å². The highest BCUT2D eigenvalue weighted by Crippen LogP contribution is 2.37. The highest BCUT2D eigenvalue weighted by atomic mass is 19.3. The van der Waals surface area contributed by atoms with Crippen LogP contribution in [0.2, 0.25) is 0 Å². The summed E-state index contributed by atoms with van der Waals surface area (Å²) in [5.74, 6) is -0.683. The minimum absolute atomic E-state index is 0.0590. The molecule has 0 atom stereocenters. The molecule has 0 amide bonds. The van der Waals surface area contributed by atoms with Crippen molar-refractivity contribution in [3.05, 3.63) is 59.2 Å². The van der Waals surface area contributed by atoms with Crippen LogP contribution in [0.15, 0.2) is 46.9 Å². The van der Waals surface area contributed by atoms with Crippen molar-refractivity contribution in [3.63, 3.8) is 0 Å². The molecule has 0 radical (unpaired) electrons. The van der Waals surface area contributed by atoms with Crippen LogP contribution in [0.25, 0.3) is 33.3 Å². The number of alkyl halides is 2. The maximum Gasteiger partial charge on any atom is 0.336 e. The van der Waals surface area contributed by atoms with Gasteiger partial charge >= 0.3 is 5.97 Å². The summed E-state index contributed by atoms with van der Waals surface area (Å²) in [6, 6.07) is 12.0. The summed E-state index contributed by atoms with van der Waals surface area (Å²) in [7, 11) is 0. The van der Waals surface area contributed by atoms with Crippen molar-refractivity contribution in [2.45, 2.75) is 20.3 Å². The molecule has 0 aliphatic carbocycles. The monoisotopic (exact) mass is 397 g/mol. The predicted molar refractivity (Wildman–Crippen MR) is 105 cm³/mol. The van der Waals surface area contributed by atoms with E-state index in [4.69, 9.17) is 9.15 Å². The van der Waals surface area contributed by atoms with Crippen molar-refractivity contribution in [1.29, 1.82) is 0 Å². The second kappa shape index (κ2) is 7.16. The Hall–Kier alpha value is -3.48. The van der Waals surface area contributed by atoms with Gasteiger partial charge in [-0.2, -0.15) is 0 Å². The van der Waals surface area contributed by atoms with E-state index >= 15 is 0 Å². The molecule has 0 spiro atoms. The molecule has 4 aromatic rings. The number of benzene rings is 2. The Kier molecular flexibility index (Phi) is 4.66. The fraction of sp³-hybridized carbons (Fsp3) is 0.182. The van der Waals surface area contributed by atoms with Crippen LogP contribution in [0.5, 0.6) is 5.75 Å². The van der Waals surface area contributed by atoms with Gasteiger partial charge in [0, 0.05) is 10.9 Å². The minimum atomic E-state index is -2.68. The maximum absolute atomic E-state index is 12.6. The first-order chi connectivity index (χ1) is 13.9. The molecule has 0 aliphatic heterocycles. The molecule has 0 bridgehead atoms. The SMILES string of the molecule is Cc1c(-c2cc(C(=O)O)c3c(OCC(F)F)ccc(C)c3n2)oc2ccccc12. The Balaban J connectivity index is 1.99. The van der Waals surface area contributed by atoms with E-state index in [0.717, 1.165) is 10.9 Å². The van der Waals surface area contributed by atoms with Crippen LogP contribution in [0, 0.1) is 13.8 Å². The number of para-hydroxylation sites is 1. The zero-order chi connectivity index (χ0) is 20.7. The first-order valence-corrected chi connectivity index (χ1v) is 8.94. The molecule has 0 saturated carbocycles. The summed E-state index contributed by atoms with van der Waals surface area (Å²) in [4.78, 5) is 16.6. The van der Waals surface area contributed by atoms with Crippen molar-refractivity contribution < 1.29 is 27.8 Å². The molecular weight excluding hydrogens is 380 g/mol. The molecule has 2 aromatic carbocycles. The molecule has 2 heterocycles. The van der Waals surface area contributed by atoms with Gasteiger partial charge in [-0.15, -0.1) is 0 Å². The molecule has 1 N–H and O–H groups in total. The van der Waals surface area contributed by atoms with Crippen molar-refractivity contribution in [3.8, 4) is 17.2 Å². The molecule has 5 nitrogen and oxygen atoms in total.